The van der Waals surface area contributed by atoms with Crippen LogP contribution in [0.4, 0.5) is 0 Å². The lowest BCUT2D eigenvalue weighted by molar-refractivity contribution is 0.497. The molecule has 0 aromatic carbocycles. The van der Waals surface area contributed by atoms with Crippen LogP contribution in [0.3, 0.4) is 0 Å². The van der Waals surface area contributed by atoms with E-state index in [0.29, 0.717) is 0 Å². The molecule has 3 nitrogen and oxygen atoms in total. The van der Waals surface area contributed by atoms with Crippen LogP contribution in [0.5, 0.6) is 0 Å². The highest BCUT2D eigenvalue weighted by atomic mass is 15.2. The molecular weight excluding hydrogens is 186 g/mol. The van der Waals surface area contributed by atoms with Crippen LogP contribution < -0.4 is 11.3 Å². The SMILES string of the molecule is CC#CCCC(Cc1ccncc1)NN. The van der Waals surface area contributed by atoms with Crippen LogP contribution in [0.25, 0.3) is 0 Å². The molecule has 0 bridgehead atoms. The Labute approximate surface area is 91.1 Å². The average Bonchev–Trinajstić information content (AvgIpc) is 2.29. The summed E-state index contributed by atoms with van der Waals surface area (Å²) in [6.07, 6.45) is 6.38. The third-order valence-corrected chi connectivity index (χ3v) is 2.26. The quantitative estimate of drug-likeness (QED) is 0.430. The van der Waals surface area contributed by atoms with E-state index >= 15 is 0 Å². The fourth-order valence-electron chi connectivity index (χ4n) is 1.42. The number of aromatic nitrogens is 1. The first-order valence-corrected chi connectivity index (χ1v) is 5.11. The van der Waals surface area contributed by atoms with Crippen molar-refractivity contribution in [2.75, 3.05) is 0 Å². The number of nitrogens with zero attached hydrogens (tertiary/aromatic N) is 1. The summed E-state index contributed by atoms with van der Waals surface area (Å²) in [7, 11) is 0. The lowest BCUT2D eigenvalue weighted by Crippen LogP contribution is -2.36. The van der Waals surface area contributed by atoms with Crippen molar-refractivity contribution in [2.45, 2.75) is 32.2 Å². The van der Waals surface area contributed by atoms with Crippen LogP contribution in [-0.2, 0) is 6.42 Å². The van der Waals surface area contributed by atoms with Gasteiger partial charge in [-0.1, -0.05) is 0 Å². The van der Waals surface area contributed by atoms with E-state index < -0.39 is 0 Å². The maximum atomic E-state index is 5.49. The third kappa shape index (κ3) is 4.59. The molecule has 1 unspecified atom stereocenters. The monoisotopic (exact) mass is 203 g/mol. The summed E-state index contributed by atoms with van der Waals surface area (Å²) in [4.78, 5) is 3.98. The van der Waals surface area contributed by atoms with Crippen LogP contribution >= 0.6 is 0 Å². The summed E-state index contributed by atoms with van der Waals surface area (Å²) in [6.45, 7) is 1.85. The standard InChI is InChI=1S/C12H17N3/c1-2-3-4-5-12(15-13)10-11-6-8-14-9-7-11/h6-9,12,15H,4-5,10,13H2,1H3. The van der Waals surface area contributed by atoms with Gasteiger partial charge in [-0.2, -0.15) is 0 Å². The Morgan fingerprint density at radius 2 is 2.20 bits per heavy atom. The smallest absolute Gasteiger partial charge is 0.0270 e. The largest absolute Gasteiger partial charge is 0.271 e. The Kier molecular flexibility index (Phi) is 5.46. The van der Waals surface area contributed by atoms with Crippen molar-refractivity contribution in [2.24, 2.45) is 5.84 Å². The molecule has 0 fully saturated rings. The van der Waals surface area contributed by atoms with Gasteiger partial charge in [0, 0.05) is 24.9 Å². The van der Waals surface area contributed by atoms with Crippen LogP contribution in [0.15, 0.2) is 24.5 Å². The van der Waals surface area contributed by atoms with E-state index in [0.717, 1.165) is 19.3 Å². The zero-order valence-electron chi connectivity index (χ0n) is 9.03. The zero-order chi connectivity index (χ0) is 10.9. The van der Waals surface area contributed by atoms with Crippen LogP contribution in [0, 0.1) is 11.8 Å². The first-order valence-electron chi connectivity index (χ1n) is 5.11. The molecule has 0 aliphatic rings. The van der Waals surface area contributed by atoms with Crippen molar-refractivity contribution in [3.63, 3.8) is 0 Å². The Morgan fingerprint density at radius 3 is 2.80 bits per heavy atom. The van der Waals surface area contributed by atoms with Crippen molar-refractivity contribution in [3.8, 4) is 11.8 Å². The van der Waals surface area contributed by atoms with Crippen molar-refractivity contribution in [1.82, 2.24) is 10.4 Å². The van der Waals surface area contributed by atoms with Gasteiger partial charge in [-0.3, -0.25) is 16.3 Å². The number of pyridine rings is 1. The minimum atomic E-state index is 0.285. The second-order valence-electron chi connectivity index (χ2n) is 3.39. The first kappa shape index (κ1) is 11.7. The summed E-state index contributed by atoms with van der Waals surface area (Å²) >= 11 is 0. The van der Waals surface area contributed by atoms with E-state index in [1.54, 1.807) is 12.4 Å². The molecule has 80 valence electrons. The Hall–Kier alpha value is -1.37. The molecule has 1 heterocycles. The van der Waals surface area contributed by atoms with E-state index in [-0.39, 0.29) is 6.04 Å². The van der Waals surface area contributed by atoms with Gasteiger partial charge in [-0.15, -0.1) is 11.8 Å². The minimum absolute atomic E-state index is 0.285. The molecule has 3 N–H and O–H groups in total. The number of nitrogens with one attached hydrogen (secondary N) is 1. The van der Waals surface area contributed by atoms with Crippen molar-refractivity contribution < 1.29 is 0 Å². The molecule has 0 amide bonds. The molecule has 0 aliphatic carbocycles. The molecule has 3 heteroatoms. The Bertz CT molecular complexity index is 324. The topological polar surface area (TPSA) is 50.9 Å². The molecule has 15 heavy (non-hydrogen) atoms. The summed E-state index contributed by atoms with van der Waals surface area (Å²) in [5.41, 5.74) is 4.07. The molecule has 1 atom stereocenters. The number of nitrogens with two attached hydrogens (primary N) is 1. The highest BCUT2D eigenvalue weighted by Crippen LogP contribution is 2.05. The fraction of sp³-hybridized carbons (Fsp3) is 0.417. The minimum Gasteiger partial charge on any atom is -0.271 e. The van der Waals surface area contributed by atoms with Crippen LogP contribution in [0.2, 0.25) is 0 Å². The van der Waals surface area contributed by atoms with Crippen LogP contribution in [-0.4, -0.2) is 11.0 Å². The van der Waals surface area contributed by atoms with Crippen molar-refractivity contribution in [3.05, 3.63) is 30.1 Å². The number of rotatable bonds is 5. The van der Waals surface area contributed by atoms with E-state index in [4.69, 9.17) is 5.84 Å². The molecule has 0 saturated carbocycles. The predicted molar refractivity (Wildman–Crippen MR) is 61.7 cm³/mol. The first-order chi connectivity index (χ1) is 7.36. The lowest BCUT2D eigenvalue weighted by atomic mass is 10.0. The summed E-state index contributed by atoms with van der Waals surface area (Å²) in [5.74, 6) is 11.4. The van der Waals surface area contributed by atoms with Gasteiger partial charge < -0.3 is 0 Å². The molecule has 1 rings (SSSR count). The molecule has 1 aromatic heterocycles. The van der Waals surface area contributed by atoms with Gasteiger partial charge in [0.15, 0.2) is 0 Å². The van der Waals surface area contributed by atoms with E-state index in [2.05, 4.69) is 22.3 Å². The van der Waals surface area contributed by atoms with Gasteiger partial charge in [0.05, 0.1) is 0 Å². The van der Waals surface area contributed by atoms with Crippen LogP contribution in [0.1, 0.15) is 25.3 Å². The van der Waals surface area contributed by atoms with Crippen molar-refractivity contribution >= 4 is 0 Å². The molecule has 0 spiro atoms. The molecule has 0 radical (unpaired) electrons. The predicted octanol–water partition coefficient (Wildman–Crippen LogP) is 1.26. The van der Waals surface area contributed by atoms with E-state index in [9.17, 15) is 0 Å². The van der Waals surface area contributed by atoms with Gasteiger partial charge in [-0.25, -0.2) is 0 Å². The maximum Gasteiger partial charge on any atom is 0.0270 e. The van der Waals surface area contributed by atoms with Crippen molar-refractivity contribution in [1.29, 1.82) is 0 Å². The number of hydrazine groups is 1. The van der Waals surface area contributed by atoms with Gasteiger partial charge in [-0.05, 0) is 37.5 Å². The second-order valence-corrected chi connectivity index (χ2v) is 3.39. The lowest BCUT2D eigenvalue weighted by Gasteiger charge is -2.14. The zero-order valence-corrected chi connectivity index (χ0v) is 9.03. The number of hydrogen-bond donors (Lipinski definition) is 2. The number of hydrogen-bond acceptors (Lipinski definition) is 3. The Balaban J connectivity index is 2.42. The summed E-state index contributed by atoms with van der Waals surface area (Å²) in [5, 5.41) is 0. The van der Waals surface area contributed by atoms with Gasteiger partial charge >= 0.3 is 0 Å². The Morgan fingerprint density at radius 1 is 1.47 bits per heavy atom. The highest BCUT2D eigenvalue weighted by molar-refractivity contribution is 5.11. The molecule has 0 aliphatic heterocycles. The molecule has 1 aromatic rings. The molecular formula is C12H17N3. The third-order valence-electron chi connectivity index (χ3n) is 2.26. The van der Waals surface area contributed by atoms with Gasteiger partial charge in [0.1, 0.15) is 0 Å². The maximum absolute atomic E-state index is 5.49. The van der Waals surface area contributed by atoms with Gasteiger partial charge in [0.2, 0.25) is 0 Å². The fourth-order valence-corrected chi connectivity index (χ4v) is 1.42. The normalized spacial score (nSPS) is 11.6. The molecule has 0 saturated heterocycles. The highest BCUT2D eigenvalue weighted by Gasteiger charge is 2.06. The summed E-state index contributed by atoms with van der Waals surface area (Å²) in [6, 6.07) is 4.30. The average molecular weight is 203 g/mol. The van der Waals surface area contributed by atoms with E-state index in [1.807, 2.05) is 19.1 Å². The van der Waals surface area contributed by atoms with E-state index in [1.165, 1.54) is 5.56 Å². The second kappa shape index (κ2) is 6.99. The van der Waals surface area contributed by atoms with Gasteiger partial charge in [0.25, 0.3) is 0 Å². The summed E-state index contributed by atoms with van der Waals surface area (Å²) < 4.78 is 0.